The van der Waals surface area contributed by atoms with Crippen molar-refractivity contribution < 1.29 is 10.0 Å². The predicted octanol–water partition coefficient (Wildman–Crippen LogP) is 2.35. The maximum absolute atomic E-state index is 10.9. The molecular formula is C12H17ClN2O3. The van der Waals surface area contributed by atoms with Crippen molar-refractivity contribution >= 4 is 17.3 Å². The number of halogens is 1. The number of nitro groups is 1. The molecule has 0 amide bonds. The van der Waals surface area contributed by atoms with Crippen LogP contribution < -0.4 is 5.32 Å². The molecule has 1 rings (SSSR count). The van der Waals surface area contributed by atoms with Gasteiger partial charge in [-0.1, -0.05) is 24.6 Å². The summed E-state index contributed by atoms with van der Waals surface area (Å²) >= 11 is 5.98. The van der Waals surface area contributed by atoms with Crippen LogP contribution in [0.3, 0.4) is 0 Å². The van der Waals surface area contributed by atoms with Crippen molar-refractivity contribution in [2.75, 3.05) is 6.61 Å². The molecule has 5 nitrogen and oxygen atoms in total. The Kier molecular flexibility index (Phi) is 5.53. The van der Waals surface area contributed by atoms with Crippen LogP contribution in [0.2, 0.25) is 5.02 Å². The van der Waals surface area contributed by atoms with E-state index in [-0.39, 0.29) is 24.3 Å². The van der Waals surface area contributed by atoms with Gasteiger partial charge >= 0.3 is 0 Å². The van der Waals surface area contributed by atoms with Crippen LogP contribution in [0, 0.1) is 16.0 Å². The number of nitrogens with zero attached hydrogens (tertiary/aromatic N) is 1. The summed E-state index contributed by atoms with van der Waals surface area (Å²) in [6, 6.07) is 4.67. The zero-order valence-corrected chi connectivity index (χ0v) is 11.1. The molecule has 0 aliphatic carbocycles. The van der Waals surface area contributed by atoms with Gasteiger partial charge in [-0.3, -0.25) is 10.1 Å². The molecule has 1 aromatic carbocycles. The highest BCUT2D eigenvalue weighted by atomic mass is 35.5. The third-order valence-corrected chi connectivity index (χ3v) is 3.39. The van der Waals surface area contributed by atoms with Gasteiger partial charge in [-0.15, -0.1) is 0 Å². The first kappa shape index (κ1) is 14.9. The molecule has 0 heterocycles. The number of aliphatic hydroxyl groups excluding tert-OH is 1. The van der Waals surface area contributed by atoms with E-state index in [2.05, 4.69) is 5.32 Å². The quantitative estimate of drug-likeness (QED) is 0.616. The molecule has 1 aromatic rings. The Morgan fingerprint density at radius 1 is 1.50 bits per heavy atom. The first-order valence-electron chi connectivity index (χ1n) is 5.73. The van der Waals surface area contributed by atoms with E-state index in [1.807, 2.05) is 13.8 Å². The summed E-state index contributed by atoms with van der Waals surface area (Å²) in [5, 5.41) is 23.4. The lowest BCUT2D eigenvalue weighted by molar-refractivity contribution is -0.385. The van der Waals surface area contributed by atoms with Gasteiger partial charge in [-0.05, 0) is 18.9 Å². The standard InChI is InChI=1S/C12H17ClN2O3/c1-8(7-16)9(2)14-6-10-11(13)4-3-5-12(10)15(17)18/h3-5,8-9,14,16H,6-7H2,1-2H3. The van der Waals surface area contributed by atoms with Crippen LogP contribution in [-0.4, -0.2) is 22.7 Å². The van der Waals surface area contributed by atoms with Gasteiger partial charge < -0.3 is 10.4 Å². The van der Waals surface area contributed by atoms with E-state index in [4.69, 9.17) is 16.7 Å². The number of benzene rings is 1. The van der Waals surface area contributed by atoms with Crippen LogP contribution in [-0.2, 0) is 6.54 Å². The Bertz CT molecular complexity index is 426. The minimum absolute atomic E-state index is 0.0128. The molecule has 0 spiro atoms. The number of hydrogen-bond acceptors (Lipinski definition) is 4. The van der Waals surface area contributed by atoms with Gasteiger partial charge in [0, 0.05) is 25.3 Å². The van der Waals surface area contributed by atoms with Gasteiger partial charge in [0.05, 0.1) is 15.5 Å². The van der Waals surface area contributed by atoms with Crippen LogP contribution in [0.4, 0.5) is 5.69 Å². The van der Waals surface area contributed by atoms with Gasteiger partial charge in [0.1, 0.15) is 0 Å². The molecule has 0 aliphatic rings. The fraction of sp³-hybridized carbons (Fsp3) is 0.500. The minimum Gasteiger partial charge on any atom is -0.396 e. The molecule has 6 heteroatoms. The van der Waals surface area contributed by atoms with Crippen LogP contribution >= 0.6 is 11.6 Å². The van der Waals surface area contributed by atoms with Crippen LogP contribution in [0.5, 0.6) is 0 Å². The van der Waals surface area contributed by atoms with Crippen LogP contribution in [0.15, 0.2) is 18.2 Å². The van der Waals surface area contributed by atoms with E-state index < -0.39 is 4.92 Å². The Balaban J connectivity index is 2.81. The first-order valence-corrected chi connectivity index (χ1v) is 6.11. The lowest BCUT2D eigenvalue weighted by Gasteiger charge is -2.19. The molecule has 2 unspecified atom stereocenters. The molecule has 2 atom stereocenters. The first-order chi connectivity index (χ1) is 8.47. The van der Waals surface area contributed by atoms with Crippen molar-refractivity contribution in [2.45, 2.75) is 26.4 Å². The molecule has 0 aliphatic heterocycles. The Morgan fingerprint density at radius 2 is 2.17 bits per heavy atom. The molecule has 100 valence electrons. The minimum atomic E-state index is -0.441. The lowest BCUT2D eigenvalue weighted by atomic mass is 10.0. The van der Waals surface area contributed by atoms with Crippen molar-refractivity contribution in [3.63, 3.8) is 0 Å². The van der Waals surface area contributed by atoms with E-state index >= 15 is 0 Å². The maximum Gasteiger partial charge on any atom is 0.275 e. The van der Waals surface area contributed by atoms with Crippen LogP contribution in [0.1, 0.15) is 19.4 Å². The molecule has 0 radical (unpaired) electrons. The summed E-state index contributed by atoms with van der Waals surface area (Å²) < 4.78 is 0. The molecule has 0 aromatic heterocycles. The van der Waals surface area contributed by atoms with E-state index in [0.29, 0.717) is 17.1 Å². The smallest absolute Gasteiger partial charge is 0.275 e. The predicted molar refractivity (Wildman–Crippen MR) is 70.7 cm³/mol. The average Bonchev–Trinajstić information content (AvgIpc) is 2.35. The third-order valence-electron chi connectivity index (χ3n) is 3.03. The monoisotopic (exact) mass is 272 g/mol. The molecule has 2 N–H and O–H groups in total. The van der Waals surface area contributed by atoms with Gasteiger partial charge in [-0.2, -0.15) is 0 Å². The second kappa shape index (κ2) is 6.68. The summed E-state index contributed by atoms with van der Waals surface area (Å²) in [6.45, 7) is 4.20. The van der Waals surface area contributed by atoms with E-state index in [1.54, 1.807) is 12.1 Å². The van der Waals surface area contributed by atoms with Crippen LogP contribution in [0.25, 0.3) is 0 Å². The van der Waals surface area contributed by atoms with Gasteiger partial charge in [0.25, 0.3) is 5.69 Å². The summed E-state index contributed by atoms with van der Waals surface area (Å²) in [5.41, 5.74) is 0.486. The van der Waals surface area contributed by atoms with Gasteiger partial charge in [-0.25, -0.2) is 0 Å². The van der Waals surface area contributed by atoms with E-state index in [9.17, 15) is 10.1 Å². The molecular weight excluding hydrogens is 256 g/mol. The fourth-order valence-corrected chi connectivity index (χ4v) is 1.75. The maximum atomic E-state index is 10.9. The molecule has 18 heavy (non-hydrogen) atoms. The summed E-state index contributed by atoms with van der Waals surface area (Å²) in [4.78, 5) is 10.4. The molecule has 0 bridgehead atoms. The Morgan fingerprint density at radius 3 is 2.72 bits per heavy atom. The highest BCUT2D eigenvalue weighted by molar-refractivity contribution is 6.31. The summed E-state index contributed by atoms with van der Waals surface area (Å²) in [5.74, 6) is 0.0755. The summed E-state index contributed by atoms with van der Waals surface area (Å²) in [7, 11) is 0. The van der Waals surface area contributed by atoms with Crippen molar-refractivity contribution in [2.24, 2.45) is 5.92 Å². The van der Waals surface area contributed by atoms with Crippen molar-refractivity contribution in [3.8, 4) is 0 Å². The molecule has 0 saturated carbocycles. The third kappa shape index (κ3) is 3.66. The molecule has 0 saturated heterocycles. The number of nitrogens with one attached hydrogen (secondary N) is 1. The SMILES string of the molecule is CC(CO)C(C)NCc1c(Cl)cccc1[N+](=O)[O-]. The van der Waals surface area contributed by atoms with Crippen molar-refractivity contribution in [1.82, 2.24) is 5.32 Å². The van der Waals surface area contributed by atoms with Gasteiger partial charge in [0.2, 0.25) is 0 Å². The highest BCUT2D eigenvalue weighted by Gasteiger charge is 2.18. The second-order valence-corrected chi connectivity index (χ2v) is 4.73. The largest absolute Gasteiger partial charge is 0.396 e. The van der Waals surface area contributed by atoms with Crippen molar-refractivity contribution in [1.29, 1.82) is 0 Å². The van der Waals surface area contributed by atoms with E-state index in [0.717, 1.165) is 0 Å². The normalized spacial score (nSPS) is 14.2. The van der Waals surface area contributed by atoms with Crippen molar-refractivity contribution in [3.05, 3.63) is 38.9 Å². The van der Waals surface area contributed by atoms with E-state index in [1.165, 1.54) is 6.07 Å². The molecule has 0 fully saturated rings. The number of rotatable bonds is 6. The average molecular weight is 273 g/mol. The lowest BCUT2D eigenvalue weighted by Crippen LogP contribution is -2.33. The number of aliphatic hydroxyl groups is 1. The summed E-state index contributed by atoms with van der Waals surface area (Å²) in [6.07, 6.45) is 0. The highest BCUT2D eigenvalue weighted by Crippen LogP contribution is 2.26. The zero-order chi connectivity index (χ0) is 13.7. The fourth-order valence-electron chi connectivity index (χ4n) is 1.52. The number of nitro benzene ring substituents is 1. The van der Waals surface area contributed by atoms with Gasteiger partial charge in [0.15, 0.2) is 0 Å². The number of hydrogen-bond donors (Lipinski definition) is 2. The second-order valence-electron chi connectivity index (χ2n) is 4.32. The topological polar surface area (TPSA) is 75.4 Å². The Labute approximate surface area is 111 Å². The Hall–Kier alpha value is -1.17. The zero-order valence-electron chi connectivity index (χ0n) is 10.4.